The summed E-state index contributed by atoms with van der Waals surface area (Å²) in [6.07, 6.45) is 3.75. The maximum atomic E-state index is 12.2. The molecule has 3 aromatic carbocycles. The lowest BCUT2D eigenvalue weighted by molar-refractivity contribution is -0.118. The number of phenolic OH excluding ortho intramolecular Hbond substituents is 1. The lowest BCUT2D eigenvalue weighted by atomic mass is 10.1. The number of rotatable bonds is 7. The number of phenols is 1. The van der Waals surface area contributed by atoms with Crippen LogP contribution in [0.25, 0.3) is 23.1 Å². The Balaban J connectivity index is 1.42. The number of benzene rings is 3. The Morgan fingerprint density at radius 1 is 1.00 bits per heavy atom. The fraction of sp³-hybridized carbons (Fsp3) is 0.111. The van der Waals surface area contributed by atoms with Crippen molar-refractivity contribution in [3.63, 3.8) is 0 Å². The Kier molecular flexibility index (Phi) is 6.55. The first kappa shape index (κ1) is 21.9. The third-order valence-corrected chi connectivity index (χ3v) is 5.05. The molecule has 33 heavy (non-hydrogen) atoms. The summed E-state index contributed by atoms with van der Waals surface area (Å²) in [6.45, 7) is 1.85. The average molecular weight is 440 g/mol. The summed E-state index contributed by atoms with van der Waals surface area (Å²) in [5, 5.41) is 13.7. The maximum Gasteiger partial charge on any atom is 0.262 e. The van der Waals surface area contributed by atoms with Crippen LogP contribution in [0.15, 0.2) is 72.8 Å². The molecule has 0 bridgehead atoms. The molecule has 0 atom stereocenters. The number of nitrogens with zero attached hydrogens (tertiary/aromatic N) is 1. The van der Waals surface area contributed by atoms with E-state index in [-0.39, 0.29) is 18.3 Å². The van der Waals surface area contributed by atoms with Crippen molar-refractivity contribution in [1.82, 2.24) is 4.98 Å². The fourth-order valence-electron chi connectivity index (χ4n) is 3.31. The molecule has 0 unspecified atom stereocenters. The molecule has 0 aliphatic carbocycles. The number of aromatic nitrogens is 1. The number of hydrogen-bond donors (Lipinski definition) is 2. The monoisotopic (exact) mass is 440 g/mol. The van der Waals surface area contributed by atoms with E-state index < -0.39 is 0 Å². The molecule has 4 rings (SSSR count). The van der Waals surface area contributed by atoms with Crippen LogP contribution in [0.2, 0.25) is 0 Å². The van der Waals surface area contributed by atoms with E-state index in [1.807, 2.05) is 73.7 Å². The summed E-state index contributed by atoms with van der Waals surface area (Å²) in [6, 6.07) is 22.1. The fourth-order valence-corrected chi connectivity index (χ4v) is 3.31. The lowest BCUT2D eigenvalue weighted by Crippen LogP contribution is -2.20. The number of fused-ring (bicyclic) bond motifs is 1. The van der Waals surface area contributed by atoms with E-state index in [9.17, 15) is 9.90 Å². The van der Waals surface area contributed by atoms with Gasteiger partial charge in [-0.2, -0.15) is 0 Å². The van der Waals surface area contributed by atoms with Crippen molar-refractivity contribution in [2.45, 2.75) is 6.92 Å². The highest BCUT2D eigenvalue weighted by molar-refractivity contribution is 5.92. The van der Waals surface area contributed by atoms with Crippen LogP contribution < -0.4 is 14.8 Å². The van der Waals surface area contributed by atoms with E-state index >= 15 is 0 Å². The Morgan fingerprint density at radius 2 is 1.82 bits per heavy atom. The second kappa shape index (κ2) is 9.87. The number of amides is 1. The largest absolute Gasteiger partial charge is 0.506 e. The third kappa shape index (κ3) is 5.49. The summed E-state index contributed by atoms with van der Waals surface area (Å²) < 4.78 is 11.1. The summed E-state index contributed by atoms with van der Waals surface area (Å²) in [5.74, 6) is 0.889. The van der Waals surface area contributed by atoms with Crippen LogP contribution in [0.1, 0.15) is 16.8 Å². The number of ether oxygens (including phenoxy) is 2. The molecule has 0 radical (unpaired) electrons. The highest BCUT2D eigenvalue weighted by Crippen LogP contribution is 2.29. The van der Waals surface area contributed by atoms with Gasteiger partial charge in [-0.1, -0.05) is 48.0 Å². The first-order valence-electron chi connectivity index (χ1n) is 10.5. The zero-order chi connectivity index (χ0) is 23.2. The molecule has 0 aliphatic rings. The van der Waals surface area contributed by atoms with E-state index in [0.29, 0.717) is 17.0 Å². The minimum atomic E-state index is -0.254. The number of pyridine rings is 1. The first-order valence-corrected chi connectivity index (χ1v) is 10.5. The van der Waals surface area contributed by atoms with Gasteiger partial charge in [-0.05, 0) is 55.0 Å². The molecular formula is C27H24N2O4. The van der Waals surface area contributed by atoms with Gasteiger partial charge in [0.15, 0.2) is 18.1 Å². The van der Waals surface area contributed by atoms with Crippen molar-refractivity contribution in [3.05, 3.63) is 89.6 Å². The zero-order valence-electron chi connectivity index (χ0n) is 18.4. The van der Waals surface area contributed by atoms with Gasteiger partial charge < -0.3 is 19.9 Å². The van der Waals surface area contributed by atoms with Crippen LogP contribution in [0, 0.1) is 6.92 Å². The molecule has 0 saturated carbocycles. The van der Waals surface area contributed by atoms with Gasteiger partial charge in [0.05, 0.1) is 12.8 Å². The molecule has 1 aromatic heterocycles. The minimum Gasteiger partial charge on any atom is -0.506 e. The maximum absolute atomic E-state index is 12.2. The van der Waals surface area contributed by atoms with Crippen LogP contribution in [-0.4, -0.2) is 29.7 Å². The van der Waals surface area contributed by atoms with Gasteiger partial charge in [0.2, 0.25) is 0 Å². The molecule has 0 fully saturated rings. The number of methoxy groups -OCH3 is 1. The van der Waals surface area contributed by atoms with Gasteiger partial charge in [0.25, 0.3) is 5.91 Å². The number of anilines is 1. The Hall–Kier alpha value is -4.32. The molecule has 6 nitrogen and oxygen atoms in total. The van der Waals surface area contributed by atoms with Crippen LogP contribution in [0.4, 0.5) is 5.69 Å². The number of hydrogen-bond acceptors (Lipinski definition) is 5. The summed E-state index contributed by atoms with van der Waals surface area (Å²) in [7, 11) is 1.55. The van der Waals surface area contributed by atoms with Gasteiger partial charge in [-0.15, -0.1) is 0 Å². The molecule has 166 valence electrons. The molecular weight excluding hydrogens is 416 g/mol. The van der Waals surface area contributed by atoms with Crippen molar-refractivity contribution in [1.29, 1.82) is 0 Å². The Morgan fingerprint density at radius 3 is 2.61 bits per heavy atom. The van der Waals surface area contributed by atoms with Crippen molar-refractivity contribution in [2.24, 2.45) is 0 Å². The summed E-state index contributed by atoms with van der Waals surface area (Å²) >= 11 is 0. The Bertz CT molecular complexity index is 1310. The van der Waals surface area contributed by atoms with E-state index in [4.69, 9.17) is 9.47 Å². The predicted octanol–water partition coefficient (Wildman–Crippen LogP) is 5.45. The minimum absolute atomic E-state index is 0.135. The van der Waals surface area contributed by atoms with Gasteiger partial charge in [-0.3, -0.25) is 4.79 Å². The Labute approximate surface area is 192 Å². The number of nitrogens with one attached hydrogen (secondary N) is 1. The number of carbonyl (C=O) groups is 1. The summed E-state index contributed by atoms with van der Waals surface area (Å²) in [5.41, 5.74) is 4.00. The molecule has 0 spiro atoms. The standard InChI is InChI=1S/C27H24N2O4/c1-18-6-11-21(12-7-18)28-26(31)17-33-24-15-9-19(16-25(24)32-2)8-13-22-14-10-20-4-3-5-23(30)27(20)29-22/h3-16,30H,17H2,1-2H3,(H,28,31)/b13-8+. The second-order valence-electron chi connectivity index (χ2n) is 7.53. The SMILES string of the molecule is COc1cc(/C=C/c2ccc3cccc(O)c3n2)ccc1OCC(=O)Nc1ccc(C)cc1. The lowest BCUT2D eigenvalue weighted by Gasteiger charge is -2.11. The highest BCUT2D eigenvalue weighted by atomic mass is 16.5. The van der Waals surface area contributed by atoms with E-state index in [1.54, 1.807) is 25.3 Å². The van der Waals surface area contributed by atoms with Crippen LogP contribution in [-0.2, 0) is 4.79 Å². The van der Waals surface area contributed by atoms with Gasteiger partial charge in [0, 0.05) is 11.1 Å². The molecule has 2 N–H and O–H groups in total. The van der Waals surface area contributed by atoms with E-state index in [1.165, 1.54) is 0 Å². The van der Waals surface area contributed by atoms with Crippen molar-refractivity contribution in [2.75, 3.05) is 19.0 Å². The topological polar surface area (TPSA) is 80.7 Å². The van der Waals surface area contributed by atoms with Crippen molar-refractivity contribution in [3.8, 4) is 17.2 Å². The van der Waals surface area contributed by atoms with Gasteiger partial charge in [-0.25, -0.2) is 4.98 Å². The number of aromatic hydroxyl groups is 1. The molecule has 1 heterocycles. The van der Waals surface area contributed by atoms with Gasteiger partial charge in [0.1, 0.15) is 11.3 Å². The third-order valence-electron chi connectivity index (χ3n) is 5.05. The van der Waals surface area contributed by atoms with Crippen LogP contribution in [0.3, 0.4) is 0 Å². The first-order chi connectivity index (χ1) is 16.0. The normalized spacial score (nSPS) is 11.0. The molecule has 6 heteroatoms. The molecule has 1 amide bonds. The molecule has 0 saturated heterocycles. The zero-order valence-corrected chi connectivity index (χ0v) is 18.4. The van der Waals surface area contributed by atoms with Crippen LogP contribution >= 0.6 is 0 Å². The number of para-hydroxylation sites is 1. The van der Waals surface area contributed by atoms with Crippen LogP contribution in [0.5, 0.6) is 17.2 Å². The molecule has 0 aliphatic heterocycles. The van der Waals surface area contributed by atoms with Crippen molar-refractivity contribution >= 4 is 34.6 Å². The number of carbonyl (C=O) groups excluding carboxylic acids is 1. The number of aryl methyl sites for hydroxylation is 1. The quantitative estimate of drug-likeness (QED) is 0.400. The predicted molar refractivity (Wildman–Crippen MR) is 131 cm³/mol. The van der Waals surface area contributed by atoms with Crippen molar-refractivity contribution < 1.29 is 19.4 Å². The summed E-state index contributed by atoms with van der Waals surface area (Å²) in [4.78, 5) is 16.7. The van der Waals surface area contributed by atoms with Gasteiger partial charge >= 0.3 is 0 Å². The smallest absolute Gasteiger partial charge is 0.262 e. The molecule has 4 aromatic rings. The van der Waals surface area contributed by atoms with E-state index in [0.717, 1.165) is 27.9 Å². The highest BCUT2D eigenvalue weighted by Gasteiger charge is 2.09. The second-order valence-corrected chi connectivity index (χ2v) is 7.53. The van der Waals surface area contributed by atoms with E-state index in [2.05, 4.69) is 10.3 Å². The average Bonchev–Trinajstić information content (AvgIpc) is 2.83.